The second kappa shape index (κ2) is 8.46. The van der Waals surface area contributed by atoms with E-state index in [0.717, 1.165) is 33.6 Å². The summed E-state index contributed by atoms with van der Waals surface area (Å²) in [7, 11) is 0. The Morgan fingerprint density at radius 3 is 2.93 bits per heavy atom. The maximum atomic E-state index is 12.1. The van der Waals surface area contributed by atoms with Crippen molar-refractivity contribution in [3.05, 3.63) is 75.6 Å². The molecule has 0 aliphatic rings. The number of hydrogen-bond donors (Lipinski definition) is 1. The summed E-state index contributed by atoms with van der Waals surface area (Å²) in [5.41, 5.74) is 2.88. The second-order valence-electron chi connectivity index (χ2n) is 6.31. The number of thiophene rings is 1. The summed E-state index contributed by atoms with van der Waals surface area (Å²) in [5.74, 6) is -0.0974. The van der Waals surface area contributed by atoms with Crippen LogP contribution in [0.25, 0.3) is 27.6 Å². The number of aromatic nitrogens is 2. The Balaban J connectivity index is 1.32. The number of nitrogens with one attached hydrogen (secondary N) is 1. The van der Waals surface area contributed by atoms with Crippen molar-refractivity contribution in [3.63, 3.8) is 0 Å². The van der Waals surface area contributed by atoms with E-state index >= 15 is 0 Å². The Bertz CT molecular complexity index is 1140. The van der Waals surface area contributed by atoms with Crippen LogP contribution in [0.1, 0.15) is 15.4 Å². The molecule has 1 amide bonds. The average Bonchev–Trinajstić information content (AvgIpc) is 3.35. The molecule has 6 heteroatoms. The molecule has 4 rings (SSSR count). The third kappa shape index (κ3) is 4.35. The summed E-state index contributed by atoms with van der Waals surface area (Å²) >= 11 is 3.39. The highest BCUT2D eigenvalue weighted by atomic mass is 32.1. The van der Waals surface area contributed by atoms with Crippen molar-refractivity contribution in [3.8, 4) is 10.6 Å². The fourth-order valence-electron chi connectivity index (χ4n) is 2.92. The molecule has 4 aromatic rings. The number of aryl methyl sites for hydroxylation is 1. The van der Waals surface area contributed by atoms with Crippen LogP contribution in [0.5, 0.6) is 0 Å². The third-order valence-corrected chi connectivity index (χ3v) is 6.22. The quantitative estimate of drug-likeness (QED) is 0.454. The second-order valence-corrected chi connectivity index (χ2v) is 8.55. The molecular formula is C22H19N3OS2. The van der Waals surface area contributed by atoms with E-state index in [1.54, 1.807) is 34.9 Å². The highest BCUT2D eigenvalue weighted by Gasteiger charge is 2.06. The zero-order valence-corrected chi connectivity index (χ0v) is 17.0. The van der Waals surface area contributed by atoms with Gasteiger partial charge in [-0.3, -0.25) is 9.78 Å². The molecule has 0 fully saturated rings. The lowest BCUT2D eigenvalue weighted by molar-refractivity contribution is -0.116. The van der Waals surface area contributed by atoms with Gasteiger partial charge in [-0.15, -0.1) is 22.7 Å². The molecule has 0 spiro atoms. The molecule has 1 aromatic carbocycles. The van der Waals surface area contributed by atoms with E-state index in [2.05, 4.69) is 32.8 Å². The number of rotatable bonds is 6. The summed E-state index contributed by atoms with van der Waals surface area (Å²) in [6.07, 6.45) is 5.96. The van der Waals surface area contributed by atoms with E-state index in [4.69, 9.17) is 0 Å². The molecule has 3 heterocycles. The van der Waals surface area contributed by atoms with Gasteiger partial charge >= 0.3 is 0 Å². The number of amides is 1. The van der Waals surface area contributed by atoms with Crippen LogP contribution in [0.3, 0.4) is 0 Å². The number of nitrogens with zero attached hydrogens (tertiary/aromatic N) is 2. The summed E-state index contributed by atoms with van der Waals surface area (Å²) in [6.45, 7) is 2.62. The summed E-state index contributed by atoms with van der Waals surface area (Å²) in [6, 6.07) is 14.1. The SMILES string of the molecule is Cc1nc(-c2ccc(CCNC(=O)/C=C/c3cccc4cccnc34)s2)cs1. The van der Waals surface area contributed by atoms with Crippen LogP contribution >= 0.6 is 22.7 Å². The van der Waals surface area contributed by atoms with Crippen molar-refractivity contribution < 1.29 is 4.79 Å². The van der Waals surface area contributed by atoms with Gasteiger partial charge < -0.3 is 5.32 Å². The van der Waals surface area contributed by atoms with Crippen molar-refractivity contribution >= 4 is 45.6 Å². The molecule has 0 aliphatic heterocycles. The van der Waals surface area contributed by atoms with Crippen LogP contribution in [-0.2, 0) is 11.2 Å². The van der Waals surface area contributed by atoms with Crippen LogP contribution in [0.15, 0.2) is 60.1 Å². The highest BCUT2D eigenvalue weighted by molar-refractivity contribution is 7.16. The lowest BCUT2D eigenvalue weighted by atomic mass is 10.1. The van der Waals surface area contributed by atoms with E-state index < -0.39 is 0 Å². The van der Waals surface area contributed by atoms with Gasteiger partial charge in [0.25, 0.3) is 0 Å². The molecule has 1 N–H and O–H groups in total. The number of carbonyl (C=O) groups is 1. The van der Waals surface area contributed by atoms with E-state index in [9.17, 15) is 4.79 Å². The molecule has 4 nitrogen and oxygen atoms in total. The highest BCUT2D eigenvalue weighted by Crippen LogP contribution is 2.29. The van der Waals surface area contributed by atoms with E-state index in [1.807, 2.05) is 43.3 Å². The number of hydrogen-bond acceptors (Lipinski definition) is 5. The number of para-hydroxylation sites is 1. The van der Waals surface area contributed by atoms with Gasteiger partial charge in [-0.2, -0.15) is 0 Å². The van der Waals surface area contributed by atoms with Crippen molar-refractivity contribution in [2.75, 3.05) is 6.54 Å². The normalized spacial score (nSPS) is 11.3. The molecule has 3 aromatic heterocycles. The van der Waals surface area contributed by atoms with Crippen molar-refractivity contribution in [1.82, 2.24) is 15.3 Å². The predicted octanol–water partition coefficient (Wildman–Crippen LogP) is 5.10. The van der Waals surface area contributed by atoms with Crippen molar-refractivity contribution in [2.24, 2.45) is 0 Å². The molecule has 140 valence electrons. The van der Waals surface area contributed by atoms with Crippen LogP contribution < -0.4 is 5.32 Å². The fraction of sp³-hybridized carbons (Fsp3) is 0.136. The molecular weight excluding hydrogens is 386 g/mol. The predicted molar refractivity (Wildman–Crippen MR) is 118 cm³/mol. The number of fused-ring (bicyclic) bond motifs is 1. The first-order chi connectivity index (χ1) is 13.7. The van der Waals surface area contributed by atoms with Crippen LogP contribution in [0.2, 0.25) is 0 Å². The summed E-state index contributed by atoms with van der Waals surface area (Å²) in [4.78, 5) is 23.5. The lowest BCUT2D eigenvalue weighted by Crippen LogP contribution is -2.23. The first-order valence-electron chi connectivity index (χ1n) is 9.00. The average molecular weight is 406 g/mol. The molecule has 28 heavy (non-hydrogen) atoms. The van der Waals surface area contributed by atoms with Crippen molar-refractivity contribution in [1.29, 1.82) is 0 Å². The first-order valence-corrected chi connectivity index (χ1v) is 10.7. The maximum absolute atomic E-state index is 12.1. The van der Waals surface area contributed by atoms with E-state index in [1.165, 1.54) is 9.75 Å². The van der Waals surface area contributed by atoms with Gasteiger partial charge in [0, 0.05) is 40.0 Å². The van der Waals surface area contributed by atoms with Gasteiger partial charge in [-0.25, -0.2) is 4.98 Å². The molecule has 0 unspecified atom stereocenters. The topological polar surface area (TPSA) is 54.9 Å². The minimum Gasteiger partial charge on any atom is -0.352 e. The number of pyridine rings is 1. The van der Waals surface area contributed by atoms with E-state index in [0.29, 0.717) is 6.54 Å². The minimum absolute atomic E-state index is 0.0974. The Morgan fingerprint density at radius 1 is 1.18 bits per heavy atom. The Labute approximate surface area is 171 Å². The molecule has 0 saturated carbocycles. The number of carbonyl (C=O) groups excluding carboxylic acids is 1. The maximum Gasteiger partial charge on any atom is 0.244 e. The van der Waals surface area contributed by atoms with Crippen LogP contribution in [0.4, 0.5) is 0 Å². The van der Waals surface area contributed by atoms with Gasteiger partial charge in [-0.1, -0.05) is 24.3 Å². The zero-order valence-electron chi connectivity index (χ0n) is 15.4. The van der Waals surface area contributed by atoms with Crippen LogP contribution in [-0.4, -0.2) is 22.4 Å². The van der Waals surface area contributed by atoms with Crippen molar-refractivity contribution in [2.45, 2.75) is 13.3 Å². The molecule has 0 atom stereocenters. The van der Waals surface area contributed by atoms with Crippen LogP contribution in [0, 0.1) is 6.92 Å². The lowest BCUT2D eigenvalue weighted by Gasteiger charge is -2.02. The fourth-order valence-corrected chi connectivity index (χ4v) is 4.58. The summed E-state index contributed by atoms with van der Waals surface area (Å²) < 4.78 is 0. The molecule has 0 radical (unpaired) electrons. The Morgan fingerprint density at radius 2 is 2.07 bits per heavy atom. The molecule has 0 bridgehead atoms. The Kier molecular flexibility index (Phi) is 5.60. The third-order valence-electron chi connectivity index (χ3n) is 4.28. The largest absolute Gasteiger partial charge is 0.352 e. The zero-order chi connectivity index (χ0) is 19.3. The minimum atomic E-state index is -0.0974. The van der Waals surface area contributed by atoms with Gasteiger partial charge in [0.1, 0.15) is 0 Å². The monoisotopic (exact) mass is 405 g/mol. The van der Waals surface area contributed by atoms with Gasteiger partial charge in [0.15, 0.2) is 0 Å². The smallest absolute Gasteiger partial charge is 0.244 e. The van der Waals surface area contributed by atoms with Gasteiger partial charge in [0.05, 0.1) is 21.1 Å². The standard InChI is InChI=1S/C22H19N3OS2/c1-15-25-19(14-27-15)20-9-8-18(28-20)11-13-23-21(26)10-7-17-5-2-4-16-6-3-12-24-22(16)17/h2-10,12,14H,11,13H2,1H3,(H,23,26)/b10-7+. The number of thiazole rings is 1. The number of benzene rings is 1. The molecule has 0 saturated heterocycles. The van der Waals surface area contributed by atoms with Gasteiger partial charge in [-0.05, 0) is 37.6 Å². The first kappa shape index (κ1) is 18.5. The summed E-state index contributed by atoms with van der Waals surface area (Å²) in [5, 5.41) is 7.17. The molecule has 0 aliphatic carbocycles. The van der Waals surface area contributed by atoms with E-state index in [-0.39, 0.29) is 5.91 Å². The Hall–Kier alpha value is -2.83. The van der Waals surface area contributed by atoms with Gasteiger partial charge in [0.2, 0.25) is 5.91 Å².